The summed E-state index contributed by atoms with van der Waals surface area (Å²) in [7, 11) is 0. The summed E-state index contributed by atoms with van der Waals surface area (Å²) in [5.41, 5.74) is 0. The Labute approximate surface area is 81.1 Å². The van der Waals surface area contributed by atoms with E-state index in [0.717, 1.165) is 18.6 Å². The predicted octanol–water partition coefficient (Wildman–Crippen LogP) is 2.83. The number of carbonyl (C=O) groups is 1. The summed E-state index contributed by atoms with van der Waals surface area (Å²) in [5, 5.41) is 0. The molecule has 1 aliphatic rings. The molecule has 0 spiro atoms. The van der Waals surface area contributed by atoms with Crippen LogP contribution in [0.3, 0.4) is 0 Å². The van der Waals surface area contributed by atoms with Crippen LogP contribution in [0.4, 0.5) is 0 Å². The number of hydrogen-bond donors (Lipinski definition) is 0. The van der Waals surface area contributed by atoms with Gasteiger partial charge in [0.05, 0.1) is 5.92 Å². The van der Waals surface area contributed by atoms with Gasteiger partial charge in [0.15, 0.2) is 0 Å². The molecule has 68 valence electrons. The second-order valence-electron chi connectivity index (χ2n) is 3.39. The van der Waals surface area contributed by atoms with E-state index in [1.54, 1.807) is 4.99 Å². The van der Waals surface area contributed by atoms with E-state index >= 15 is 0 Å². The third-order valence-corrected chi connectivity index (χ3v) is 2.67. The SMILES string of the molecule is CC(C)C1CC/C(=C\Br)OC1=O. The largest absolute Gasteiger partial charge is 0.430 e. The lowest BCUT2D eigenvalue weighted by molar-refractivity contribution is -0.149. The van der Waals surface area contributed by atoms with Crippen molar-refractivity contribution in [2.75, 3.05) is 0 Å². The zero-order chi connectivity index (χ0) is 9.14. The van der Waals surface area contributed by atoms with Crippen molar-refractivity contribution in [2.24, 2.45) is 11.8 Å². The van der Waals surface area contributed by atoms with E-state index in [9.17, 15) is 4.79 Å². The Kier molecular flexibility index (Phi) is 3.32. The van der Waals surface area contributed by atoms with Crippen molar-refractivity contribution in [3.05, 3.63) is 10.7 Å². The highest BCUT2D eigenvalue weighted by Gasteiger charge is 2.28. The number of hydrogen-bond acceptors (Lipinski definition) is 2. The molecule has 0 aliphatic carbocycles. The monoisotopic (exact) mass is 232 g/mol. The maximum atomic E-state index is 11.3. The van der Waals surface area contributed by atoms with Gasteiger partial charge in [0.2, 0.25) is 0 Å². The van der Waals surface area contributed by atoms with Gasteiger partial charge in [-0.15, -0.1) is 0 Å². The van der Waals surface area contributed by atoms with Crippen LogP contribution < -0.4 is 0 Å². The Morgan fingerprint density at radius 3 is 2.75 bits per heavy atom. The molecule has 12 heavy (non-hydrogen) atoms. The minimum atomic E-state index is -0.0815. The molecule has 0 radical (unpaired) electrons. The minimum absolute atomic E-state index is 0.0815. The molecule has 0 bridgehead atoms. The van der Waals surface area contributed by atoms with Crippen molar-refractivity contribution in [1.29, 1.82) is 0 Å². The number of halogens is 1. The average molecular weight is 233 g/mol. The maximum Gasteiger partial charge on any atom is 0.314 e. The molecular formula is C9H13BrO2. The summed E-state index contributed by atoms with van der Waals surface area (Å²) in [6.45, 7) is 4.10. The van der Waals surface area contributed by atoms with Crippen molar-refractivity contribution in [2.45, 2.75) is 26.7 Å². The molecule has 1 unspecified atom stereocenters. The van der Waals surface area contributed by atoms with Crippen molar-refractivity contribution >= 4 is 21.9 Å². The summed E-state index contributed by atoms with van der Waals surface area (Å²) in [5.74, 6) is 1.13. The number of allylic oxidation sites excluding steroid dienone is 1. The van der Waals surface area contributed by atoms with E-state index in [2.05, 4.69) is 29.8 Å². The maximum absolute atomic E-state index is 11.3. The molecular weight excluding hydrogens is 220 g/mol. The molecule has 0 aromatic heterocycles. The average Bonchev–Trinajstić information content (AvgIpc) is 2.03. The van der Waals surface area contributed by atoms with Crippen LogP contribution in [0.5, 0.6) is 0 Å². The molecule has 1 atom stereocenters. The number of rotatable bonds is 1. The minimum Gasteiger partial charge on any atom is -0.430 e. The van der Waals surface area contributed by atoms with Gasteiger partial charge >= 0.3 is 5.97 Å². The third kappa shape index (κ3) is 2.09. The standard InChI is InChI=1S/C9H13BrO2/c1-6(2)8-4-3-7(5-10)12-9(8)11/h5-6,8H,3-4H2,1-2H3/b7-5+. The van der Waals surface area contributed by atoms with Gasteiger partial charge in [-0.25, -0.2) is 0 Å². The fraction of sp³-hybridized carbons (Fsp3) is 0.667. The number of ether oxygens (including phenoxy) is 1. The molecule has 2 nitrogen and oxygen atoms in total. The van der Waals surface area contributed by atoms with Gasteiger partial charge in [-0.3, -0.25) is 4.79 Å². The van der Waals surface area contributed by atoms with Crippen LogP contribution in [0.2, 0.25) is 0 Å². The van der Waals surface area contributed by atoms with Crippen molar-refractivity contribution in [3.63, 3.8) is 0 Å². The van der Waals surface area contributed by atoms with E-state index < -0.39 is 0 Å². The Balaban J connectivity index is 2.60. The van der Waals surface area contributed by atoms with E-state index in [-0.39, 0.29) is 11.9 Å². The van der Waals surface area contributed by atoms with Crippen LogP contribution in [-0.4, -0.2) is 5.97 Å². The molecule has 0 aromatic carbocycles. The first-order chi connectivity index (χ1) is 5.65. The molecule has 1 saturated heterocycles. The van der Waals surface area contributed by atoms with Gasteiger partial charge < -0.3 is 4.74 Å². The molecule has 1 fully saturated rings. The highest BCUT2D eigenvalue weighted by molar-refractivity contribution is 9.11. The highest BCUT2D eigenvalue weighted by atomic mass is 79.9. The highest BCUT2D eigenvalue weighted by Crippen LogP contribution is 2.28. The molecule has 1 rings (SSSR count). The van der Waals surface area contributed by atoms with Crippen LogP contribution in [0.25, 0.3) is 0 Å². The van der Waals surface area contributed by atoms with E-state index in [4.69, 9.17) is 4.74 Å². The normalized spacial score (nSPS) is 27.8. The summed E-state index contributed by atoms with van der Waals surface area (Å²) < 4.78 is 5.08. The number of cyclic esters (lactones) is 1. The quantitative estimate of drug-likeness (QED) is 0.651. The lowest BCUT2D eigenvalue weighted by atomic mass is 9.89. The first-order valence-electron chi connectivity index (χ1n) is 4.16. The smallest absolute Gasteiger partial charge is 0.314 e. The number of esters is 1. The second-order valence-corrected chi connectivity index (χ2v) is 3.84. The topological polar surface area (TPSA) is 26.3 Å². The first-order valence-corrected chi connectivity index (χ1v) is 5.07. The Hall–Kier alpha value is -0.310. The van der Waals surface area contributed by atoms with Crippen LogP contribution in [0.1, 0.15) is 26.7 Å². The lowest BCUT2D eigenvalue weighted by Gasteiger charge is -2.24. The second kappa shape index (κ2) is 4.08. The van der Waals surface area contributed by atoms with Crippen molar-refractivity contribution < 1.29 is 9.53 Å². The van der Waals surface area contributed by atoms with Gasteiger partial charge in [-0.2, -0.15) is 0 Å². The van der Waals surface area contributed by atoms with Crippen molar-refractivity contribution in [3.8, 4) is 0 Å². The molecule has 1 heterocycles. The molecule has 1 aliphatic heterocycles. The lowest BCUT2D eigenvalue weighted by Crippen LogP contribution is -2.26. The summed E-state index contributed by atoms with van der Waals surface area (Å²) >= 11 is 3.16. The molecule has 0 amide bonds. The summed E-state index contributed by atoms with van der Waals surface area (Å²) in [6, 6.07) is 0. The van der Waals surface area contributed by atoms with E-state index in [1.165, 1.54) is 0 Å². The van der Waals surface area contributed by atoms with Crippen LogP contribution >= 0.6 is 15.9 Å². The van der Waals surface area contributed by atoms with Crippen LogP contribution in [-0.2, 0) is 9.53 Å². The van der Waals surface area contributed by atoms with Crippen molar-refractivity contribution in [1.82, 2.24) is 0 Å². The van der Waals surface area contributed by atoms with Gasteiger partial charge in [-0.05, 0) is 12.3 Å². The Morgan fingerprint density at radius 2 is 2.33 bits per heavy atom. The van der Waals surface area contributed by atoms with Gasteiger partial charge in [0.25, 0.3) is 0 Å². The Bertz CT molecular complexity index is 209. The summed E-state index contributed by atoms with van der Waals surface area (Å²) in [6.07, 6.45) is 1.77. The first kappa shape index (κ1) is 9.78. The fourth-order valence-corrected chi connectivity index (χ4v) is 1.68. The Morgan fingerprint density at radius 1 is 1.67 bits per heavy atom. The molecule has 0 aromatic rings. The van der Waals surface area contributed by atoms with E-state index in [0.29, 0.717) is 5.92 Å². The van der Waals surface area contributed by atoms with Gasteiger partial charge in [-0.1, -0.05) is 29.8 Å². The molecule has 3 heteroatoms. The predicted molar refractivity (Wildman–Crippen MR) is 50.7 cm³/mol. The molecule has 0 saturated carbocycles. The number of carbonyl (C=O) groups excluding carboxylic acids is 1. The fourth-order valence-electron chi connectivity index (χ4n) is 1.35. The third-order valence-electron chi connectivity index (χ3n) is 2.16. The van der Waals surface area contributed by atoms with Crippen LogP contribution in [0, 0.1) is 11.8 Å². The zero-order valence-corrected chi connectivity index (χ0v) is 8.93. The molecule has 0 N–H and O–H groups in total. The van der Waals surface area contributed by atoms with Gasteiger partial charge in [0.1, 0.15) is 5.76 Å². The zero-order valence-electron chi connectivity index (χ0n) is 7.34. The van der Waals surface area contributed by atoms with Crippen LogP contribution in [0.15, 0.2) is 10.7 Å². The van der Waals surface area contributed by atoms with Gasteiger partial charge in [0, 0.05) is 11.4 Å². The summed E-state index contributed by atoms with van der Waals surface area (Å²) in [4.78, 5) is 13.0. The van der Waals surface area contributed by atoms with E-state index in [1.807, 2.05) is 0 Å².